The predicted octanol–water partition coefficient (Wildman–Crippen LogP) is 2.17. The lowest BCUT2D eigenvalue weighted by molar-refractivity contribution is -0.00956. The molecule has 3 heteroatoms. The van der Waals surface area contributed by atoms with Crippen molar-refractivity contribution in [3.05, 3.63) is 0 Å². The molecule has 0 aliphatic carbocycles. The second-order valence-electron chi connectivity index (χ2n) is 7.56. The maximum Gasteiger partial charge on any atom is 0.0224 e. The van der Waals surface area contributed by atoms with Crippen molar-refractivity contribution in [3.8, 4) is 0 Å². The van der Waals surface area contributed by atoms with Crippen LogP contribution in [0.25, 0.3) is 0 Å². The zero-order valence-corrected chi connectivity index (χ0v) is 13.1. The number of piperazine rings is 1. The van der Waals surface area contributed by atoms with E-state index in [-0.39, 0.29) is 0 Å². The van der Waals surface area contributed by atoms with E-state index in [1.165, 1.54) is 77.7 Å². The molecule has 0 saturated carbocycles. The average Bonchev–Trinajstić information content (AvgIpc) is 3.13. The topological polar surface area (TPSA) is 9.72 Å². The van der Waals surface area contributed by atoms with Gasteiger partial charge in [-0.05, 0) is 64.6 Å². The fraction of sp³-hybridized carbons (Fsp3) is 1.00. The molecule has 4 saturated heterocycles. The van der Waals surface area contributed by atoms with Gasteiger partial charge in [-0.1, -0.05) is 6.92 Å². The highest BCUT2D eigenvalue weighted by Crippen LogP contribution is 2.34. The van der Waals surface area contributed by atoms with E-state index in [0.717, 1.165) is 24.2 Å². The Labute approximate surface area is 124 Å². The third kappa shape index (κ3) is 2.32. The smallest absolute Gasteiger partial charge is 0.0224 e. The Morgan fingerprint density at radius 3 is 2.45 bits per heavy atom. The first-order valence-corrected chi connectivity index (χ1v) is 9.09. The summed E-state index contributed by atoms with van der Waals surface area (Å²) in [6.07, 6.45) is 10.0. The van der Waals surface area contributed by atoms with Gasteiger partial charge in [-0.2, -0.15) is 0 Å². The Hall–Kier alpha value is -0.120. The normalized spacial score (nSPS) is 43.6. The molecule has 0 radical (unpaired) electrons. The van der Waals surface area contributed by atoms with Crippen LogP contribution in [0.3, 0.4) is 0 Å². The molecule has 4 aliphatic rings. The van der Waals surface area contributed by atoms with Crippen LogP contribution in [0, 0.1) is 0 Å². The SMILES string of the molecule is CCC1CN2CCCC2CN1C1CCN2CCCC2C1. The number of nitrogens with zero attached hydrogens (tertiary/aromatic N) is 3. The minimum absolute atomic E-state index is 0.835. The van der Waals surface area contributed by atoms with Gasteiger partial charge in [0.15, 0.2) is 0 Å². The summed E-state index contributed by atoms with van der Waals surface area (Å²) in [7, 11) is 0. The third-order valence-electron chi connectivity index (χ3n) is 6.57. The summed E-state index contributed by atoms with van der Waals surface area (Å²) in [6.45, 7) is 9.25. The fourth-order valence-corrected chi connectivity index (χ4v) is 5.43. The number of hydrogen-bond acceptors (Lipinski definition) is 3. The summed E-state index contributed by atoms with van der Waals surface area (Å²) in [4.78, 5) is 8.50. The van der Waals surface area contributed by atoms with E-state index in [0.29, 0.717) is 0 Å². The molecule has 4 aliphatic heterocycles. The van der Waals surface area contributed by atoms with Crippen molar-refractivity contribution in [3.63, 3.8) is 0 Å². The van der Waals surface area contributed by atoms with E-state index >= 15 is 0 Å². The minimum Gasteiger partial charge on any atom is -0.300 e. The van der Waals surface area contributed by atoms with Gasteiger partial charge < -0.3 is 4.90 Å². The standard InChI is InChI=1S/C17H31N3/c1-2-14-12-19-9-4-6-17(19)13-20(14)16-7-10-18-8-3-5-15(18)11-16/h14-17H,2-13H2,1H3. The van der Waals surface area contributed by atoms with Crippen molar-refractivity contribution in [2.75, 3.05) is 32.7 Å². The Morgan fingerprint density at radius 2 is 1.60 bits per heavy atom. The molecule has 4 fully saturated rings. The van der Waals surface area contributed by atoms with Crippen molar-refractivity contribution < 1.29 is 0 Å². The molecular weight excluding hydrogens is 246 g/mol. The van der Waals surface area contributed by atoms with E-state index in [1.54, 1.807) is 0 Å². The van der Waals surface area contributed by atoms with Gasteiger partial charge >= 0.3 is 0 Å². The summed E-state index contributed by atoms with van der Waals surface area (Å²) in [6, 6.07) is 3.54. The van der Waals surface area contributed by atoms with Crippen LogP contribution in [-0.4, -0.2) is 71.6 Å². The van der Waals surface area contributed by atoms with Gasteiger partial charge in [-0.3, -0.25) is 9.80 Å². The highest BCUT2D eigenvalue weighted by Gasteiger charge is 2.41. The van der Waals surface area contributed by atoms with Crippen LogP contribution in [-0.2, 0) is 0 Å². The third-order valence-corrected chi connectivity index (χ3v) is 6.57. The van der Waals surface area contributed by atoms with Crippen molar-refractivity contribution >= 4 is 0 Å². The molecule has 0 aromatic rings. The van der Waals surface area contributed by atoms with Gasteiger partial charge in [0.05, 0.1) is 0 Å². The number of rotatable bonds is 2. The number of piperidine rings is 1. The zero-order valence-electron chi connectivity index (χ0n) is 13.1. The molecule has 4 unspecified atom stereocenters. The summed E-state index contributed by atoms with van der Waals surface area (Å²) >= 11 is 0. The number of fused-ring (bicyclic) bond motifs is 2. The van der Waals surface area contributed by atoms with Crippen molar-refractivity contribution in [1.82, 2.24) is 14.7 Å². The summed E-state index contributed by atoms with van der Waals surface area (Å²) in [5, 5.41) is 0. The molecule has 0 aromatic heterocycles. The maximum absolute atomic E-state index is 2.95. The maximum atomic E-state index is 2.95. The van der Waals surface area contributed by atoms with E-state index < -0.39 is 0 Å². The Balaban J connectivity index is 1.45. The Bertz CT molecular complexity index is 345. The first-order valence-electron chi connectivity index (χ1n) is 9.09. The van der Waals surface area contributed by atoms with Crippen LogP contribution in [0.15, 0.2) is 0 Å². The van der Waals surface area contributed by atoms with E-state index in [1.807, 2.05) is 0 Å². The van der Waals surface area contributed by atoms with E-state index in [2.05, 4.69) is 21.6 Å². The van der Waals surface area contributed by atoms with Gasteiger partial charge in [0.25, 0.3) is 0 Å². The van der Waals surface area contributed by atoms with Crippen LogP contribution < -0.4 is 0 Å². The fourth-order valence-electron chi connectivity index (χ4n) is 5.43. The number of hydrogen-bond donors (Lipinski definition) is 0. The molecule has 4 rings (SSSR count). The molecule has 4 atom stereocenters. The second kappa shape index (κ2) is 5.58. The first-order chi connectivity index (χ1) is 9.85. The van der Waals surface area contributed by atoms with E-state index in [4.69, 9.17) is 0 Å². The van der Waals surface area contributed by atoms with Gasteiger partial charge in [-0.25, -0.2) is 0 Å². The molecule has 4 heterocycles. The zero-order chi connectivity index (χ0) is 13.5. The first kappa shape index (κ1) is 13.5. The average molecular weight is 277 g/mol. The highest BCUT2D eigenvalue weighted by molar-refractivity contribution is 4.97. The quantitative estimate of drug-likeness (QED) is 0.766. The van der Waals surface area contributed by atoms with Crippen LogP contribution in [0.5, 0.6) is 0 Å². The van der Waals surface area contributed by atoms with E-state index in [9.17, 15) is 0 Å². The molecule has 0 N–H and O–H groups in total. The monoisotopic (exact) mass is 277 g/mol. The van der Waals surface area contributed by atoms with Gasteiger partial charge in [-0.15, -0.1) is 0 Å². The minimum atomic E-state index is 0.835. The highest BCUT2D eigenvalue weighted by atomic mass is 15.3. The Kier molecular flexibility index (Phi) is 3.78. The van der Waals surface area contributed by atoms with Crippen molar-refractivity contribution in [1.29, 1.82) is 0 Å². The summed E-state index contributed by atoms with van der Waals surface area (Å²) in [5.41, 5.74) is 0. The van der Waals surface area contributed by atoms with Crippen LogP contribution >= 0.6 is 0 Å². The molecule has 0 spiro atoms. The van der Waals surface area contributed by atoms with Gasteiger partial charge in [0.1, 0.15) is 0 Å². The van der Waals surface area contributed by atoms with Crippen molar-refractivity contribution in [2.45, 2.75) is 76.0 Å². The molecule has 0 amide bonds. The molecule has 0 bridgehead atoms. The predicted molar refractivity (Wildman–Crippen MR) is 83.0 cm³/mol. The van der Waals surface area contributed by atoms with Crippen LogP contribution in [0.4, 0.5) is 0 Å². The molecule has 0 aromatic carbocycles. The molecule has 114 valence electrons. The van der Waals surface area contributed by atoms with Gasteiger partial charge in [0.2, 0.25) is 0 Å². The largest absolute Gasteiger partial charge is 0.300 e. The summed E-state index contributed by atoms with van der Waals surface area (Å²) < 4.78 is 0. The van der Waals surface area contributed by atoms with Crippen LogP contribution in [0.2, 0.25) is 0 Å². The summed E-state index contributed by atoms with van der Waals surface area (Å²) in [5.74, 6) is 0. The molecular formula is C17H31N3. The van der Waals surface area contributed by atoms with Gasteiger partial charge in [0, 0.05) is 37.3 Å². The molecule has 3 nitrogen and oxygen atoms in total. The lowest BCUT2D eigenvalue weighted by Gasteiger charge is -2.50. The van der Waals surface area contributed by atoms with Crippen molar-refractivity contribution in [2.24, 2.45) is 0 Å². The lowest BCUT2D eigenvalue weighted by Crippen LogP contribution is -2.61. The lowest BCUT2D eigenvalue weighted by atomic mass is 9.92. The Morgan fingerprint density at radius 1 is 0.800 bits per heavy atom. The second-order valence-corrected chi connectivity index (χ2v) is 7.56. The van der Waals surface area contributed by atoms with Crippen LogP contribution in [0.1, 0.15) is 51.9 Å². The molecule has 20 heavy (non-hydrogen) atoms.